The summed E-state index contributed by atoms with van der Waals surface area (Å²) in [6.45, 7) is 5.27. The van der Waals surface area contributed by atoms with Gasteiger partial charge in [0.1, 0.15) is 0 Å². The van der Waals surface area contributed by atoms with Crippen LogP contribution in [0, 0.1) is 13.8 Å². The number of aromatic nitrogens is 1. The average Bonchev–Trinajstić information content (AvgIpc) is 2.15. The van der Waals surface area contributed by atoms with Crippen LogP contribution in [0.4, 0.5) is 0 Å². The van der Waals surface area contributed by atoms with E-state index in [4.69, 9.17) is 5.11 Å². The molecule has 5 heteroatoms. The van der Waals surface area contributed by atoms with Crippen LogP contribution >= 0.6 is 11.8 Å². The Labute approximate surface area is 105 Å². The maximum atomic E-state index is 11.9. The molecule has 1 N–H and O–H groups in total. The molecule has 1 aromatic rings. The number of rotatable bonds is 4. The number of nitrogens with zero attached hydrogens (tertiary/aromatic N) is 1. The van der Waals surface area contributed by atoms with Gasteiger partial charge in [0.05, 0.1) is 5.56 Å². The highest BCUT2D eigenvalue weighted by molar-refractivity contribution is 7.98. The van der Waals surface area contributed by atoms with Gasteiger partial charge in [-0.2, -0.15) is 11.8 Å². The van der Waals surface area contributed by atoms with Crippen LogP contribution in [0.25, 0.3) is 0 Å². The Bertz CT molecular complexity index is 493. The van der Waals surface area contributed by atoms with Crippen molar-refractivity contribution in [1.29, 1.82) is 0 Å². The zero-order valence-corrected chi connectivity index (χ0v) is 11.3. The number of carbonyl (C=O) groups is 1. The lowest BCUT2D eigenvalue weighted by molar-refractivity contribution is 0.0694. The van der Waals surface area contributed by atoms with E-state index in [9.17, 15) is 9.59 Å². The van der Waals surface area contributed by atoms with Gasteiger partial charge in [-0.05, 0) is 32.6 Å². The first-order valence-electron chi connectivity index (χ1n) is 5.35. The second kappa shape index (κ2) is 5.40. The van der Waals surface area contributed by atoms with Crippen LogP contribution in [0.1, 0.15) is 34.6 Å². The van der Waals surface area contributed by atoms with Crippen molar-refractivity contribution in [3.8, 4) is 0 Å². The highest BCUT2D eigenvalue weighted by Gasteiger charge is 2.18. The number of carboxylic acids is 1. The summed E-state index contributed by atoms with van der Waals surface area (Å²) in [5.41, 5.74) is 1.15. The predicted molar refractivity (Wildman–Crippen MR) is 70.2 cm³/mol. The molecule has 0 aromatic carbocycles. The smallest absolute Gasteiger partial charge is 0.337 e. The third-order valence-corrected chi connectivity index (χ3v) is 3.57. The van der Waals surface area contributed by atoms with Crippen LogP contribution in [0.3, 0.4) is 0 Å². The molecule has 0 saturated heterocycles. The first kappa shape index (κ1) is 13.8. The second-order valence-corrected chi connectivity index (χ2v) is 5.02. The minimum absolute atomic E-state index is 0.00352. The van der Waals surface area contributed by atoms with E-state index in [2.05, 4.69) is 0 Å². The molecule has 1 aromatic heterocycles. The fourth-order valence-electron chi connectivity index (χ4n) is 2.08. The zero-order valence-electron chi connectivity index (χ0n) is 10.5. The summed E-state index contributed by atoms with van der Waals surface area (Å²) in [4.78, 5) is 23.1. The standard InChI is InChI=1S/C12H17NO3S/c1-7-5-10(14)13(8(2)6-17-4)9(3)11(7)12(15)16/h5,8H,6H2,1-4H3,(H,15,16). The summed E-state index contributed by atoms with van der Waals surface area (Å²) in [6.07, 6.45) is 1.96. The molecule has 1 rings (SSSR count). The average molecular weight is 255 g/mol. The number of aromatic carboxylic acids is 1. The van der Waals surface area contributed by atoms with E-state index in [1.54, 1.807) is 30.2 Å². The third-order valence-electron chi connectivity index (χ3n) is 2.76. The van der Waals surface area contributed by atoms with Gasteiger partial charge in [-0.1, -0.05) is 0 Å². The molecule has 4 nitrogen and oxygen atoms in total. The van der Waals surface area contributed by atoms with Gasteiger partial charge in [0.2, 0.25) is 0 Å². The highest BCUT2D eigenvalue weighted by Crippen LogP contribution is 2.17. The van der Waals surface area contributed by atoms with Gasteiger partial charge in [-0.15, -0.1) is 0 Å². The predicted octanol–water partition coefficient (Wildman–Crippen LogP) is 2.09. The van der Waals surface area contributed by atoms with Crippen molar-refractivity contribution in [2.45, 2.75) is 26.8 Å². The van der Waals surface area contributed by atoms with Crippen LogP contribution in [0.2, 0.25) is 0 Å². The number of aryl methyl sites for hydroxylation is 1. The molecule has 1 atom stereocenters. The molecule has 17 heavy (non-hydrogen) atoms. The Balaban J connectivity index is 3.46. The Kier molecular flexibility index (Phi) is 4.40. The lowest BCUT2D eigenvalue weighted by atomic mass is 10.1. The van der Waals surface area contributed by atoms with E-state index >= 15 is 0 Å². The number of pyridine rings is 1. The Morgan fingerprint density at radius 3 is 2.59 bits per heavy atom. The lowest BCUT2D eigenvalue weighted by Gasteiger charge is -2.19. The van der Waals surface area contributed by atoms with Crippen LogP contribution in [0.15, 0.2) is 10.9 Å². The number of carboxylic acid groups (broad SMARTS) is 1. The molecule has 1 heterocycles. The summed E-state index contributed by atoms with van der Waals surface area (Å²) in [5.74, 6) is -0.201. The van der Waals surface area contributed by atoms with Gasteiger partial charge in [0.25, 0.3) is 5.56 Å². The van der Waals surface area contributed by atoms with Crippen molar-refractivity contribution in [3.05, 3.63) is 33.2 Å². The SMILES string of the molecule is CSCC(C)n1c(C)c(C(=O)O)c(C)cc1=O. The van der Waals surface area contributed by atoms with Crippen LogP contribution < -0.4 is 5.56 Å². The molecular weight excluding hydrogens is 238 g/mol. The summed E-state index contributed by atoms with van der Waals surface area (Å²) in [6, 6.07) is 1.39. The highest BCUT2D eigenvalue weighted by atomic mass is 32.2. The van der Waals surface area contributed by atoms with E-state index in [0.717, 1.165) is 5.75 Å². The normalized spacial score (nSPS) is 12.5. The van der Waals surface area contributed by atoms with Crippen LogP contribution in [-0.4, -0.2) is 27.7 Å². The van der Waals surface area contributed by atoms with E-state index in [1.807, 2.05) is 13.2 Å². The van der Waals surface area contributed by atoms with Crippen molar-refractivity contribution in [3.63, 3.8) is 0 Å². The molecule has 0 aliphatic heterocycles. The molecule has 0 fully saturated rings. The Hall–Kier alpha value is -1.23. The third kappa shape index (κ3) is 2.72. The summed E-state index contributed by atoms with van der Waals surface area (Å²) in [5, 5.41) is 9.15. The molecule has 0 radical (unpaired) electrons. The number of thioether (sulfide) groups is 1. The monoisotopic (exact) mass is 255 g/mol. The lowest BCUT2D eigenvalue weighted by Crippen LogP contribution is -2.29. The van der Waals surface area contributed by atoms with Gasteiger partial charge in [-0.3, -0.25) is 4.79 Å². The van der Waals surface area contributed by atoms with Crippen molar-refractivity contribution in [2.75, 3.05) is 12.0 Å². The molecule has 1 unspecified atom stereocenters. The second-order valence-electron chi connectivity index (χ2n) is 4.11. The minimum Gasteiger partial charge on any atom is -0.478 e. The molecule has 0 aliphatic carbocycles. The van der Waals surface area contributed by atoms with Gasteiger partial charge in [-0.25, -0.2) is 4.79 Å². The maximum absolute atomic E-state index is 11.9. The zero-order chi connectivity index (χ0) is 13.2. The minimum atomic E-state index is -0.981. The van der Waals surface area contributed by atoms with Crippen molar-refractivity contribution < 1.29 is 9.90 Å². The summed E-state index contributed by atoms with van der Waals surface area (Å²) < 4.78 is 1.56. The van der Waals surface area contributed by atoms with Crippen LogP contribution in [0.5, 0.6) is 0 Å². The van der Waals surface area contributed by atoms with Crippen LogP contribution in [-0.2, 0) is 0 Å². The van der Waals surface area contributed by atoms with E-state index in [0.29, 0.717) is 11.3 Å². The number of hydrogen-bond acceptors (Lipinski definition) is 3. The molecule has 0 spiro atoms. The summed E-state index contributed by atoms with van der Waals surface area (Å²) >= 11 is 1.63. The molecule has 0 amide bonds. The molecule has 0 bridgehead atoms. The first-order valence-corrected chi connectivity index (χ1v) is 6.74. The van der Waals surface area contributed by atoms with Gasteiger partial charge >= 0.3 is 5.97 Å². The van der Waals surface area contributed by atoms with E-state index in [-0.39, 0.29) is 17.2 Å². The summed E-state index contributed by atoms with van der Waals surface area (Å²) in [7, 11) is 0. The largest absolute Gasteiger partial charge is 0.478 e. The van der Waals surface area contributed by atoms with Crippen molar-refractivity contribution >= 4 is 17.7 Å². The number of hydrogen-bond donors (Lipinski definition) is 1. The first-order chi connectivity index (χ1) is 7.90. The fraction of sp³-hybridized carbons (Fsp3) is 0.500. The molecular formula is C12H17NO3S. The van der Waals surface area contributed by atoms with Gasteiger partial charge in [0, 0.05) is 23.6 Å². The quantitative estimate of drug-likeness (QED) is 0.895. The van der Waals surface area contributed by atoms with E-state index < -0.39 is 5.97 Å². The maximum Gasteiger partial charge on any atom is 0.337 e. The van der Waals surface area contributed by atoms with E-state index in [1.165, 1.54) is 6.07 Å². The Morgan fingerprint density at radius 2 is 2.12 bits per heavy atom. The van der Waals surface area contributed by atoms with Gasteiger partial charge < -0.3 is 9.67 Å². The topological polar surface area (TPSA) is 59.3 Å². The molecule has 94 valence electrons. The Morgan fingerprint density at radius 1 is 1.53 bits per heavy atom. The van der Waals surface area contributed by atoms with Gasteiger partial charge in [0.15, 0.2) is 0 Å². The van der Waals surface area contributed by atoms with Crippen molar-refractivity contribution in [1.82, 2.24) is 4.57 Å². The molecule has 0 saturated carbocycles. The molecule has 0 aliphatic rings. The van der Waals surface area contributed by atoms with Crippen molar-refractivity contribution in [2.24, 2.45) is 0 Å². The fourth-order valence-corrected chi connectivity index (χ4v) is 2.72.